The number of halogens is 6. The van der Waals surface area contributed by atoms with Gasteiger partial charge in [-0.15, -0.1) is 0 Å². The Labute approximate surface area is 220 Å². The van der Waals surface area contributed by atoms with Crippen molar-refractivity contribution in [2.75, 3.05) is 6.54 Å². The van der Waals surface area contributed by atoms with Gasteiger partial charge in [0.1, 0.15) is 12.1 Å². The van der Waals surface area contributed by atoms with Gasteiger partial charge in [-0.05, 0) is 67.1 Å². The Balaban J connectivity index is 1.46. The summed E-state index contributed by atoms with van der Waals surface area (Å²) in [6, 6.07) is 6.12. The highest BCUT2D eigenvalue weighted by Gasteiger charge is 2.48. The molecule has 210 valence electrons. The van der Waals surface area contributed by atoms with Crippen LogP contribution in [0.15, 0.2) is 36.7 Å². The van der Waals surface area contributed by atoms with Gasteiger partial charge in [0.15, 0.2) is 0 Å². The SMILES string of the molecule is Cc1c(OS(=O)C(F)(F)F)ccc2c1C1CCCN(C(=O)c3ccc4ncn(S(=O)(=O)C(F)(F)F)c4c3)C1C2. The van der Waals surface area contributed by atoms with E-state index in [-0.39, 0.29) is 26.7 Å². The van der Waals surface area contributed by atoms with Gasteiger partial charge >= 0.3 is 32.1 Å². The summed E-state index contributed by atoms with van der Waals surface area (Å²) < 4.78 is 118. The summed E-state index contributed by atoms with van der Waals surface area (Å²) in [7, 11) is -5.78. The van der Waals surface area contributed by atoms with Crippen molar-refractivity contribution in [3.05, 3.63) is 58.9 Å². The summed E-state index contributed by atoms with van der Waals surface area (Å²) in [5, 5.41) is 0. The molecule has 0 saturated carbocycles. The molecule has 0 spiro atoms. The van der Waals surface area contributed by atoms with Gasteiger partial charge in [-0.2, -0.15) is 34.8 Å². The van der Waals surface area contributed by atoms with E-state index in [1.54, 1.807) is 17.9 Å². The predicted octanol–water partition coefficient (Wildman–Crippen LogP) is 4.55. The minimum atomic E-state index is -5.78. The summed E-state index contributed by atoms with van der Waals surface area (Å²) in [4.78, 5) is 18.8. The molecule has 1 fully saturated rings. The smallest absolute Gasteiger partial charge is 0.394 e. The quantitative estimate of drug-likeness (QED) is 0.411. The number of benzene rings is 2. The number of aromatic nitrogens is 2. The molecule has 3 aromatic rings. The number of nitrogens with zero attached hydrogens (tertiary/aromatic N) is 3. The Bertz CT molecular complexity index is 1620. The van der Waals surface area contributed by atoms with Crippen LogP contribution in [0, 0.1) is 6.92 Å². The van der Waals surface area contributed by atoms with E-state index in [4.69, 9.17) is 0 Å². The van der Waals surface area contributed by atoms with E-state index in [2.05, 4.69) is 9.17 Å². The number of carbonyl (C=O) groups excluding carboxylic acids is 1. The Morgan fingerprint density at radius 2 is 1.85 bits per heavy atom. The highest BCUT2D eigenvalue weighted by Crippen LogP contribution is 2.46. The van der Waals surface area contributed by atoms with Crippen LogP contribution in [-0.4, -0.2) is 56.0 Å². The second-order valence-corrected chi connectivity index (χ2v) is 12.1. The first kappa shape index (κ1) is 27.4. The number of likely N-dealkylation sites (tertiary alicyclic amines) is 1. The molecule has 2 heterocycles. The summed E-state index contributed by atoms with van der Waals surface area (Å²) in [5.41, 5.74) is -9.26. The number of rotatable bonds is 4. The molecule has 8 nitrogen and oxygen atoms in total. The maximum atomic E-state index is 13.6. The van der Waals surface area contributed by atoms with Crippen molar-refractivity contribution in [2.45, 2.75) is 49.2 Å². The van der Waals surface area contributed by atoms with E-state index in [0.717, 1.165) is 11.6 Å². The molecule has 1 amide bonds. The maximum absolute atomic E-state index is 13.6. The van der Waals surface area contributed by atoms with Gasteiger partial charge in [-0.3, -0.25) is 4.79 Å². The van der Waals surface area contributed by atoms with Crippen molar-refractivity contribution in [1.82, 2.24) is 13.9 Å². The molecular weight excluding hydrogens is 576 g/mol. The predicted molar refractivity (Wildman–Crippen MR) is 127 cm³/mol. The van der Waals surface area contributed by atoms with E-state index in [9.17, 15) is 43.8 Å². The van der Waals surface area contributed by atoms with Crippen molar-refractivity contribution in [1.29, 1.82) is 0 Å². The van der Waals surface area contributed by atoms with Crippen LogP contribution >= 0.6 is 0 Å². The van der Waals surface area contributed by atoms with Gasteiger partial charge in [0.25, 0.3) is 5.91 Å². The van der Waals surface area contributed by atoms with Crippen LogP contribution in [0.2, 0.25) is 0 Å². The number of carbonyl (C=O) groups is 1. The van der Waals surface area contributed by atoms with Crippen LogP contribution in [-0.2, 0) is 27.5 Å². The number of amides is 1. The van der Waals surface area contributed by atoms with Crippen molar-refractivity contribution in [2.24, 2.45) is 0 Å². The van der Waals surface area contributed by atoms with E-state index < -0.39 is 49.6 Å². The van der Waals surface area contributed by atoms with Crippen molar-refractivity contribution in [3.63, 3.8) is 0 Å². The van der Waals surface area contributed by atoms with E-state index in [1.807, 2.05) is 0 Å². The fourth-order valence-corrected chi connectivity index (χ4v) is 6.63. The van der Waals surface area contributed by atoms with Gasteiger partial charge in [-0.1, -0.05) is 6.07 Å². The highest BCUT2D eigenvalue weighted by molar-refractivity contribution is 7.90. The average molecular weight is 596 g/mol. The lowest BCUT2D eigenvalue weighted by Crippen LogP contribution is -2.46. The zero-order valence-electron chi connectivity index (χ0n) is 19.9. The molecule has 39 heavy (non-hydrogen) atoms. The van der Waals surface area contributed by atoms with Crippen LogP contribution in [0.25, 0.3) is 11.0 Å². The monoisotopic (exact) mass is 595 g/mol. The minimum absolute atomic E-state index is 0.0146. The summed E-state index contributed by atoms with van der Waals surface area (Å²) >= 11 is -3.55. The first-order valence-corrected chi connectivity index (χ1v) is 14.0. The highest BCUT2D eigenvalue weighted by atomic mass is 32.2. The van der Waals surface area contributed by atoms with E-state index in [1.165, 1.54) is 18.2 Å². The van der Waals surface area contributed by atoms with Crippen LogP contribution in [0.4, 0.5) is 26.3 Å². The third-order valence-corrected chi connectivity index (χ3v) is 9.17. The lowest BCUT2D eigenvalue weighted by Gasteiger charge is -2.38. The number of piperidine rings is 1. The van der Waals surface area contributed by atoms with Gasteiger partial charge < -0.3 is 9.08 Å². The van der Waals surface area contributed by atoms with Crippen LogP contribution in [0.3, 0.4) is 0 Å². The molecule has 0 bridgehead atoms. The number of fused-ring (bicyclic) bond motifs is 4. The fourth-order valence-electron chi connectivity index (χ4n) is 5.39. The third-order valence-electron chi connectivity index (χ3n) is 7.06. The van der Waals surface area contributed by atoms with E-state index >= 15 is 0 Å². The molecule has 2 aromatic carbocycles. The summed E-state index contributed by atoms with van der Waals surface area (Å²) in [6.07, 6.45) is 2.05. The van der Waals surface area contributed by atoms with Crippen LogP contribution < -0.4 is 4.18 Å². The molecule has 2 aliphatic rings. The molecule has 1 aliphatic heterocycles. The first-order valence-electron chi connectivity index (χ1n) is 11.5. The van der Waals surface area contributed by atoms with Crippen molar-refractivity contribution >= 4 is 38.0 Å². The van der Waals surface area contributed by atoms with Gasteiger partial charge in [-0.25, -0.2) is 13.2 Å². The normalized spacial score (nSPS) is 20.5. The number of hydrogen-bond donors (Lipinski definition) is 0. The maximum Gasteiger partial charge on any atom is 0.517 e. The zero-order chi connectivity index (χ0) is 28.5. The summed E-state index contributed by atoms with van der Waals surface area (Å²) in [6.45, 7) is 1.87. The summed E-state index contributed by atoms with van der Waals surface area (Å²) in [5.74, 6) is -0.984. The molecular formula is C23H19F6N3O5S2. The Kier molecular flexibility index (Phi) is 6.48. The molecule has 0 N–H and O–H groups in total. The number of hydrogen-bond acceptors (Lipinski definition) is 6. The molecule has 1 aliphatic carbocycles. The Morgan fingerprint density at radius 1 is 1.13 bits per heavy atom. The van der Waals surface area contributed by atoms with Crippen LogP contribution in [0.1, 0.15) is 45.8 Å². The van der Waals surface area contributed by atoms with Crippen molar-refractivity contribution < 1.29 is 47.9 Å². The fraction of sp³-hybridized carbons (Fsp3) is 0.391. The third kappa shape index (κ3) is 4.56. The lowest BCUT2D eigenvalue weighted by molar-refractivity contribution is -0.0448. The Hall–Kier alpha value is -3.14. The van der Waals surface area contributed by atoms with Gasteiger partial charge in [0.05, 0.1) is 11.0 Å². The molecule has 1 aromatic heterocycles. The minimum Gasteiger partial charge on any atom is -0.394 e. The molecule has 5 rings (SSSR count). The van der Waals surface area contributed by atoms with E-state index in [0.29, 0.717) is 43.3 Å². The second-order valence-electron chi connectivity index (χ2n) is 9.24. The molecule has 3 unspecified atom stereocenters. The molecule has 0 radical (unpaired) electrons. The first-order chi connectivity index (χ1) is 18.1. The largest absolute Gasteiger partial charge is 0.517 e. The molecule has 3 atom stereocenters. The van der Waals surface area contributed by atoms with Crippen LogP contribution in [0.5, 0.6) is 5.75 Å². The Morgan fingerprint density at radius 3 is 2.51 bits per heavy atom. The number of imidazole rings is 1. The van der Waals surface area contributed by atoms with Crippen molar-refractivity contribution in [3.8, 4) is 5.75 Å². The average Bonchev–Trinajstić information content (AvgIpc) is 3.45. The molecule has 16 heteroatoms. The van der Waals surface area contributed by atoms with Gasteiger partial charge in [0.2, 0.25) is 0 Å². The second kappa shape index (κ2) is 9.21. The number of alkyl halides is 6. The molecule has 1 saturated heterocycles. The standard InChI is InChI=1S/C23H19F6N3O5S2/c1-12-19(37-38(34)22(24,25)26)7-5-13-9-17-15(20(12)13)3-2-8-31(17)21(33)14-4-6-16-18(10-14)32(11-30-16)39(35,36)23(27,28)29/h4-7,10-11,15,17H,2-3,8-9H2,1H3. The van der Waals surface area contributed by atoms with Gasteiger partial charge in [0, 0.05) is 24.1 Å². The zero-order valence-corrected chi connectivity index (χ0v) is 21.5. The lowest BCUT2D eigenvalue weighted by atomic mass is 9.86. The topological polar surface area (TPSA) is 98.6 Å².